The Hall–Kier alpha value is -1.09. The molecule has 1 aliphatic heterocycles. The van der Waals surface area contributed by atoms with E-state index in [0.717, 1.165) is 12.8 Å². The van der Waals surface area contributed by atoms with Gasteiger partial charge in [-0.3, -0.25) is 0 Å². The minimum atomic E-state index is -0.932. The number of esters is 1. The van der Waals surface area contributed by atoms with Gasteiger partial charge in [-0.15, -0.1) is 0 Å². The maximum absolute atomic E-state index is 11.5. The van der Waals surface area contributed by atoms with Crippen LogP contribution >= 0.6 is 0 Å². The molecule has 0 aromatic carbocycles. The normalized spacial score (nSPS) is 18.2. The summed E-state index contributed by atoms with van der Waals surface area (Å²) in [5.74, 6) is -0.289. The summed E-state index contributed by atoms with van der Waals surface area (Å²) >= 11 is 0. The molecule has 1 N–H and O–H groups in total. The second-order valence-corrected chi connectivity index (χ2v) is 8.36. The van der Waals surface area contributed by atoms with Crippen LogP contribution < -0.4 is 0 Å². The topological polar surface area (TPSA) is 46.5 Å². The number of rotatable bonds is 18. The van der Waals surface area contributed by atoms with Gasteiger partial charge in [0, 0.05) is 0 Å². The molecular weight excluding hydrogens is 348 g/mol. The van der Waals surface area contributed by atoms with E-state index in [1.165, 1.54) is 103 Å². The monoisotopic (exact) mass is 392 g/mol. The highest BCUT2D eigenvalue weighted by molar-refractivity contribution is 5.93. The number of ether oxygens (including phenoxy) is 1. The van der Waals surface area contributed by atoms with Crippen molar-refractivity contribution in [3.8, 4) is 0 Å². The number of aliphatic hydroxyl groups is 1. The van der Waals surface area contributed by atoms with Crippen molar-refractivity contribution in [3.05, 3.63) is 24.0 Å². The summed E-state index contributed by atoms with van der Waals surface area (Å²) in [6.45, 7) is 5.81. The lowest BCUT2D eigenvalue weighted by molar-refractivity contribution is -0.132. The van der Waals surface area contributed by atoms with Crippen LogP contribution in [0.25, 0.3) is 0 Å². The summed E-state index contributed by atoms with van der Waals surface area (Å²) in [7, 11) is 0. The zero-order chi connectivity index (χ0) is 20.5. The lowest BCUT2D eigenvalue weighted by Crippen LogP contribution is -2.07. The fourth-order valence-corrected chi connectivity index (χ4v) is 3.84. The fraction of sp³-hybridized carbons (Fsp3) is 0.800. The molecule has 0 amide bonds. The fourth-order valence-electron chi connectivity index (χ4n) is 3.84. The van der Waals surface area contributed by atoms with Gasteiger partial charge in [-0.2, -0.15) is 0 Å². The van der Waals surface area contributed by atoms with Gasteiger partial charge in [-0.1, -0.05) is 122 Å². The molecule has 0 aliphatic carbocycles. The van der Waals surface area contributed by atoms with Crippen molar-refractivity contribution in [1.82, 2.24) is 0 Å². The van der Waals surface area contributed by atoms with Crippen LogP contribution in [-0.4, -0.2) is 17.2 Å². The molecule has 0 bridgehead atoms. The molecule has 3 heteroatoms. The Morgan fingerprint density at radius 1 is 0.786 bits per heavy atom. The van der Waals surface area contributed by atoms with Gasteiger partial charge >= 0.3 is 5.97 Å². The van der Waals surface area contributed by atoms with E-state index >= 15 is 0 Å². The standard InChI is InChI=1S/C25H44O3/c1-3-4-5-6-7-8-9-10-11-12-13-14-15-16-17-18-19-20-21-23-24(26)22(2)28-25(23)27/h21,24,26H,2-20H2,1H3/b23-21-/t24-/m1/s1. The van der Waals surface area contributed by atoms with E-state index in [4.69, 9.17) is 4.74 Å². The summed E-state index contributed by atoms with van der Waals surface area (Å²) in [5, 5.41) is 9.76. The van der Waals surface area contributed by atoms with Crippen molar-refractivity contribution in [2.45, 2.75) is 129 Å². The quantitative estimate of drug-likeness (QED) is 0.150. The number of carbonyl (C=O) groups excluding carboxylic acids is 1. The highest BCUT2D eigenvalue weighted by Gasteiger charge is 2.32. The number of aliphatic hydroxyl groups excluding tert-OH is 1. The maximum atomic E-state index is 11.5. The number of hydrogen-bond donors (Lipinski definition) is 1. The van der Waals surface area contributed by atoms with Crippen molar-refractivity contribution in [2.24, 2.45) is 0 Å². The zero-order valence-electron chi connectivity index (χ0n) is 18.4. The summed E-state index contributed by atoms with van der Waals surface area (Å²) in [5.41, 5.74) is 0.362. The molecular formula is C25H44O3. The smallest absolute Gasteiger partial charge is 0.341 e. The van der Waals surface area contributed by atoms with Crippen molar-refractivity contribution >= 4 is 5.97 Å². The molecule has 0 aromatic heterocycles. The Morgan fingerprint density at radius 3 is 1.54 bits per heavy atom. The third-order valence-electron chi connectivity index (χ3n) is 5.73. The minimum Gasteiger partial charge on any atom is -0.425 e. The van der Waals surface area contributed by atoms with Crippen molar-refractivity contribution in [1.29, 1.82) is 0 Å². The van der Waals surface area contributed by atoms with Crippen LogP contribution in [0.5, 0.6) is 0 Å². The molecule has 0 radical (unpaired) electrons. The van der Waals surface area contributed by atoms with Gasteiger partial charge in [0.15, 0.2) is 0 Å². The Balaban J connectivity index is 1.79. The molecule has 0 aromatic rings. The van der Waals surface area contributed by atoms with E-state index in [0.29, 0.717) is 5.57 Å². The second-order valence-electron chi connectivity index (χ2n) is 8.36. The second kappa shape index (κ2) is 16.8. The molecule has 0 saturated carbocycles. The molecule has 1 rings (SSSR count). The van der Waals surface area contributed by atoms with E-state index in [9.17, 15) is 9.90 Å². The van der Waals surface area contributed by atoms with Gasteiger partial charge in [0.05, 0.1) is 5.57 Å². The van der Waals surface area contributed by atoms with Crippen LogP contribution in [0.2, 0.25) is 0 Å². The van der Waals surface area contributed by atoms with Gasteiger partial charge in [-0.05, 0) is 12.8 Å². The maximum Gasteiger partial charge on any atom is 0.341 e. The van der Waals surface area contributed by atoms with E-state index < -0.39 is 12.1 Å². The minimum absolute atomic E-state index is 0.152. The van der Waals surface area contributed by atoms with Crippen LogP contribution in [0.15, 0.2) is 24.0 Å². The van der Waals surface area contributed by atoms with Gasteiger partial charge in [0.1, 0.15) is 11.9 Å². The van der Waals surface area contributed by atoms with Gasteiger partial charge in [0.2, 0.25) is 0 Å². The highest BCUT2D eigenvalue weighted by Crippen LogP contribution is 2.24. The van der Waals surface area contributed by atoms with E-state index in [1.807, 2.05) is 6.08 Å². The van der Waals surface area contributed by atoms with Crippen LogP contribution in [0, 0.1) is 0 Å². The third-order valence-corrected chi connectivity index (χ3v) is 5.73. The van der Waals surface area contributed by atoms with E-state index in [-0.39, 0.29) is 5.76 Å². The summed E-state index contributed by atoms with van der Waals surface area (Å²) in [6.07, 6.45) is 24.9. The number of unbranched alkanes of at least 4 members (excludes halogenated alkanes) is 17. The first-order chi connectivity index (χ1) is 13.7. The summed E-state index contributed by atoms with van der Waals surface area (Å²) < 4.78 is 4.82. The number of hydrogen-bond acceptors (Lipinski definition) is 3. The Kier molecular flexibility index (Phi) is 15.0. The largest absolute Gasteiger partial charge is 0.425 e. The molecule has 1 heterocycles. The molecule has 0 unspecified atom stereocenters. The average Bonchev–Trinajstić information content (AvgIpc) is 2.92. The van der Waals surface area contributed by atoms with Gasteiger partial charge in [0.25, 0.3) is 0 Å². The highest BCUT2D eigenvalue weighted by atomic mass is 16.6. The molecule has 1 atom stereocenters. The Bertz CT molecular complexity index is 453. The first-order valence-electron chi connectivity index (χ1n) is 12.0. The Morgan fingerprint density at radius 2 is 1.18 bits per heavy atom. The molecule has 3 nitrogen and oxygen atoms in total. The third kappa shape index (κ3) is 11.7. The Labute approximate surface area is 173 Å². The molecule has 1 saturated heterocycles. The number of carbonyl (C=O) groups is 1. The summed E-state index contributed by atoms with van der Waals surface area (Å²) in [6, 6.07) is 0. The molecule has 1 fully saturated rings. The van der Waals surface area contributed by atoms with Crippen LogP contribution in [0.1, 0.15) is 122 Å². The average molecular weight is 393 g/mol. The van der Waals surface area contributed by atoms with Gasteiger partial charge < -0.3 is 9.84 Å². The zero-order valence-corrected chi connectivity index (χ0v) is 18.4. The predicted molar refractivity (Wildman–Crippen MR) is 118 cm³/mol. The SMILES string of the molecule is C=C1OC(=O)/C(=C\CCCCCCCCCCCCCCCCCCC)[C@@H]1O. The first kappa shape index (κ1) is 24.9. The van der Waals surface area contributed by atoms with Crippen LogP contribution in [0.4, 0.5) is 0 Å². The van der Waals surface area contributed by atoms with E-state index in [2.05, 4.69) is 13.5 Å². The van der Waals surface area contributed by atoms with Crippen molar-refractivity contribution in [3.63, 3.8) is 0 Å². The lowest BCUT2D eigenvalue weighted by atomic mass is 10.0. The molecule has 162 valence electrons. The van der Waals surface area contributed by atoms with Crippen LogP contribution in [-0.2, 0) is 9.53 Å². The lowest BCUT2D eigenvalue weighted by Gasteiger charge is -2.03. The molecule has 0 spiro atoms. The van der Waals surface area contributed by atoms with Gasteiger partial charge in [-0.25, -0.2) is 4.79 Å². The van der Waals surface area contributed by atoms with Crippen molar-refractivity contribution < 1.29 is 14.6 Å². The molecule has 28 heavy (non-hydrogen) atoms. The van der Waals surface area contributed by atoms with Crippen LogP contribution in [0.3, 0.4) is 0 Å². The number of allylic oxidation sites excluding steroid dienone is 1. The van der Waals surface area contributed by atoms with Crippen molar-refractivity contribution in [2.75, 3.05) is 0 Å². The summed E-state index contributed by atoms with van der Waals surface area (Å²) in [4.78, 5) is 11.5. The number of cyclic esters (lactones) is 1. The van der Waals surface area contributed by atoms with E-state index in [1.54, 1.807) is 0 Å². The molecule has 1 aliphatic rings. The first-order valence-corrected chi connectivity index (χ1v) is 12.0. The predicted octanol–water partition coefficient (Wildman–Crippen LogP) is 7.39.